The van der Waals surface area contributed by atoms with Crippen LogP contribution in [0.5, 0.6) is 5.75 Å². The summed E-state index contributed by atoms with van der Waals surface area (Å²) >= 11 is 3.47. The fraction of sp³-hybridized carbons (Fsp3) is 0.278. The Morgan fingerprint density at radius 3 is 2.87 bits per heavy atom. The summed E-state index contributed by atoms with van der Waals surface area (Å²) in [6.07, 6.45) is 0.873. The van der Waals surface area contributed by atoms with Crippen LogP contribution in [0.4, 0.5) is 16.2 Å². The smallest absolute Gasteiger partial charge is 0.326 e. The molecule has 0 aromatic heterocycles. The lowest BCUT2D eigenvalue weighted by Crippen LogP contribution is -2.45. The molecule has 1 N–H and O–H groups in total. The van der Waals surface area contributed by atoms with E-state index in [-0.39, 0.29) is 12.1 Å². The number of halogens is 1. The van der Waals surface area contributed by atoms with Crippen LogP contribution in [0.1, 0.15) is 18.9 Å². The van der Waals surface area contributed by atoms with Crippen molar-refractivity contribution in [3.63, 3.8) is 0 Å². The minimum Gasteiger partial charge on any atom is -0.486 e. The Labute approximate surface area is 144 Å². The van der Waals surface area contributed by atoms with Crippen LogP contribution in [0.15, 0.2) is 46.9 Å². The van der Waals surface area contributed by atoms with Crippen molar-refractivity contribution in [3.05, 3.63) is 52.5 Å². The van der Waals surface area contributed by atoms with Gasteiger partial charge in [0.15, 0.2) is 0 Å². The molecule has 1 heterocycles. The molecule has 1 aliphatic rings. The molecule has 5 heteroatoms. The molecule has 4 nitrogen and oxygen atoms in total. The van der Waals surface area contributed by atoms with E-state index < -0.39 is 0 Å². The second-order valence-electron chi connectivity index (χ2n) is 5.62. The summed E-state index contributed by atoms with van der Waals surface area (Å²) in [6, 6.07) is 13.3. The van der Waals surface area contributed by atoms with Gasteiger partial charge in [-0.15, -0.1) is 0 Å². The van der Waals surface area contributed by atoms with Gasteiger partial charge in [-0.05, 0) is 49.2 Å². The molecule has 0 bridgehead atoms. The number of hydrogen-bond acceptors (Lipinski definition) is 2. The molecule has 0 saturated heterocycles. The number of carbonyl (C=O) groups excluding carboxylic acids is 1. The first-order valence-corrected chi connectivity index (χ1v) is 8.48. The van der Waals surface area contributed by atoms with Crippen LogP contribution in [0.3, 0.4) is 0 Å². The zero-order valence-corrected chi connectivity index (χ0v) is 14.8. The van der Waals surface area contributed by atoms with E-state index in [1.54, 1.807) is 4.90 Å². The summed E-state index contributed by atoms with van der Waals surface area (Å²) in [5.74, 6) is 0.757. The lowest BCUT2D eigenvalue weighted by atomic mass is 10.1. The molecule has 0 radical (unpaired) electrons. The molecule has 1 aliphatic heterocycles. The molecule has 0 unspecified atom stereocenters. The highest BCUT2D eigenvalue weighted by Crippen LogP contribution is 2.34. The molecular weight excluding hydrogens is 356 g/mol. The number of hydrogen-bond donors (Lipinski definition) is 1. The standard InChI is InChI=1S/C18H19BrN2O2/c1-3-14-11-21(16-6-4-5-7-17(16)23-14)18(22)20-13-8-9-15(19)12(2)10-13/h4-10,14H,3,11H2,1-2H3,(H,20,22)/t14-/m1/s1. The van der Waals surface area contributed by atoms with Crippen molar-refractivity contribution >= 4 is 33.3 Å². The summed E-state index contributed by atoms with van der Waals surface area (Å²) in [7, 11) is 0. The van der Waals surface area contributed by atoms with Crippen LogP contribution in [0, 0.1) is 6.92 Å². The van der Waals surface area contributed by atoms with Gasteiger partial charge in [0.2, 0.25) is 0 Å². The normalized spacial score (nSPS) is 16.5. The number of fused-ring (bicyclic) bond motifs is 1. The van der Waals surface area contributed by atoms with Crippen LogP contribution < -0.4 is 15.0 Å². The van der Waals surface area contributed by atoms with E-state index in [4.69, 9.17) is 4.74 Å². The summed E-state index contributed by atoms with van der Waals surface area (Å²) in [4.78, 5) is 14.5. The Morgan fingerprint density at radius 1 is 1.35 bits per heavy atom. The van der Waals surface area contributed by atoms with Crippen molar-refractivity contribution in [1.82, 2.24) is 0 Å². The highest BCUT2D eigenvalue weighted by atomic mass is 79.9. The van der Waals surface area contributed by atoms with Crippen molar-refractivity contribution in [2.45, 2.75) is 26.4 Å². The largest absolute Gasteiger partial charge is 0.486 e. The highest BCUT2D eigenvalue weighted by molar-refractivity contribution is 9.10. The minimum absolute atomic E-state index is 0.0160. The fourth-order valence-corrected chi connectivity index (χ4v) is 2.86. The van der Waals surface area contributed by atoms with Gasteiger partial charge in [-0.25, -0.2) is 4.79 Å². The molecule has 1 atom stereocenters. The van der Waals surface area contributed by atoms with Gasteiger partial charge in [0.1, 0.15) is 11.9 Å². The Bertz CT molecular complexity index is 733. The predicted molar refractivity (Wildman–Crippen MR) is 96.4 cm³/mol. The number of aryl methyl sites for hydroxylation is 1. The maximum atomic E-state index is 12.7. The number of nitrogens with zero attached hydrogens (tertiary/aromatic N) is 1. The van der Waals surface area contributed by atoms with Gasteiger partial charge in [-0.3, -0.25) is 4.90 Å². The molecule has 2 amide bonds. The van der Waals surface area contributed by atoms with Gasteiger partial charge in [-0.1, -0.05) is 35.0 Å². The van der Waals surface area contributed by atoms with E-state index in [0.717, 1.165) is 33.6 Å². The Kier molecular flexibility index (Phi) is 4.57. The molecule has 0 saturated carbocycles. The molecule has 2 aromatic carbocycles. The Hall–Kier alpha value is -2.01. The van der Waals surface area contributed by atoms with Gasteiger partial charge >= 0.3 is 6.03 Å². The van der Waals surface area contributed by atoms with E-state index in [2.05, 4.69) is 28.2 Å². The number of ether oxygens (including phenoxy) is 1. The third-order valence-electron chi connectivity index (χ3n) is 3.95. The maximum absolute atomic E-state index is 12.7. The Morgan fingerprint density at radius 2 is 2.13 bits per heavy atom. The van der Waals surface area contributed by atoms with Gasteiger partial charge in [0, 0.05) is 10.2 Å². The second kappa shape index (κ2) is 6.62. The van der Waals surface area contributed by atoms with Gasteiger partial charge in [0.25, 0.3) is 0 Å². The number of rotatable bonds is 2. The van der Waals surface area contributed by atoms with Crippen LogP contribution in [-0.4, -0.2) is 18.7 Å². The number of amides is 2. The van der Waals surface area contributed by atoms with Crippen LogP contribution in [-0.2, 0) is 0 Å². The summed E-state index contributed by atoms with van der Waals surface area (Å²) in [5.41, 5.74) is 2.67. The first-order chi connectivity index (χ1) is 11.1. The molecule has 3 rings (SSSR count). The van der Waals surface area contributed by atoms with Crippen LogP contribution in [0.25, 0.3) is 0 Å². The zero-order valence-electron chi connectivity index (χ0n) is 13.2. The number of benzene rings is 2. The predicted octanol–water partition coefficient (Wildman–Crippen LogP) is 4.97. The number of anilines is 2. The van der Waals surface area contributed by atoms with E-state index >= 15 is 0 Å². The van der Waals surface area contributed by atoms with Crippen molar-refractivity contribution < 1.29 is 9.53 Å². The van der Waals surface area contributed by atoms with Crippen LogP contribution >= 0.6 is 15.9 Å². The highest BCUT2D eigenvalue weighted by Gasteiger charge is 2.28. The van der Waals surface area contributed by atoms with E-state index in [0.29, 0.717) is 6.54 Å². The second-order valence-corrected chi connectivity index (χ2v) is 6.47. The number of urea groups is 1. The Balaban J connectivity index is 1.84. The average molecular weight is 375 g/mol. The van der Waals surface area contributed by atoms with Crippen LogP contribution in [0.2, 0.25) is 0 Å². The van der Waals surface area contributed by atoms with E-state index in [1.165, 1.54) is 0 Å². The molecule has 0 fully saturated rings. The third-order valence-corrected chi connectivity index (χ3v) is 4.84. The lowest BCUT2D eigenvalue weighted by molar-refractivity contribution is 0.188. The molecule has 23 heavy (non-hydrogen) atoms. The molecule has 0 spiro atoms. The van der Waals surface area contributed by atoms with E-state index in [9.17, 15) is 4.79 Å². The zero-order chi connectivity index (χ0) is 16.4. The number of carbonyl (C=O) groups is 1. The van der Waals surface area contributed by atoms with Crippen molar-refractivity contribution in [3.8, 4) is 5.75 Å². The SMILES string of the molecule is CC[C@@H]1CN(C(=O)Nc2ccc(Br)c(C)c2)c2ccccc2O1. The van der Waals surface area contributed by atoms with Gasteiger partial charge < -0.3 is 10.1 Å². The summed E-state index contributed by atoms with van der Waals surface area (Å²) in [6.45, 7) is 4.61. The monoisotopic (exact) mass is 374 g/mol. The number of nitrogens with one attached hydrogen (secondary N) is 1. The van der Waals surface area contributed by atoms with Crippen molar-refractivity contribution in [2.24, 2.45) is 0 Å². The minimum atomic E-state index is -0.138. The summed E-state index contributed by atoms with van der Waals surface area (Å²) < 4.78 is 6.94. The first kappa shape index (κ1) is 15.9. The van der Waals surface area contributed by atoms with Gasteiger partial charge in [0.05, 0.1) is 12.2 Å². The number of para-hydroxylation sites is 2. The average Bonchev–Trinajstić information content (AvgIpc) is 2.57. The first-order valence-electron chi connectivity index (χ1n) is 7.69. The maximum Gasteiger partial charge on any atom is 0.326 e. The molecular formula is C18H19BrN2O2. The van der Waals surface area contributed by atoms with E-state index in [1.807, 2.05) is 49.4 Å². The topological polar surface area (TPSA) is 41.6 Å². The quantitative estimate of drug-likeness (QED) is 0.806. The third kappa shape index (κ3) is 3.34. The van der Waals surface area contributed by atoms with Crippen molar-refractivity contribution in [1.29, 1.82) is 0 Å². The fourth-order valence-electron chi connectivity index (χ4n) is 2.62. The van der Waals surface area contributed by atoms with Crippen molar-refractivity contribution in [2.75, 3.05) is 16.8 Å². The molecule has 120 valence electrons. The molecule has 2 aromatic rings. The lowest BCUT2D eigenvalue weighted by Gasteiger charge is -2.34. The van der Waals surface area contributed by atoms with Gasteiger partial charge in [-0.2, -0.15) is 0 Å². The summed E-state index contributed by atoms with van der Waals surface area (Å²) in [5, 5.41) is 2.98. The molecule has 0 aliphatic carbocycles.